The molecule has 4 nitrogen and oxygen atoms in total. The van der Waals surface area contributed by atoms with Gasteiger partial charge in [-0.1, -0.05) is 6.08 Å². The highest BCUT2D eigenvalue weighted by atomic mass is 16.9. The first kappa shape index (κ1) is 13.9. The van der Waals surface area contributed by atoms with E-state index in [4.69, 9.17) is 14.2 Å². The number of hydrogen-bond donors (Lipinski definition) is 0. The van der Waals surface area contributed by atoms with Crippen LogP contribution in [0.25, 0.3) is 0 Å². The average molecular weight is 292 g/mol. The van der Waals surface area contributed by atoms with Crippen molar-refractivity contribution < 1.29 is 19.0 Å². The van der Waals surface area contributed by atoms with Crippen molar-refractivity contribution in [3.63, 3.8) is 0 Å². The fraction of sp³-hybridized carbons (Fsp3) is 0.824. The molecule has 0 N–H and O–H groups in total. The smallest absolute Gasteiger partial charge is 0.280 e. The third kappa shape index (κ3) is 2.11. The van der Waals surface area contributed by atoms with Crippen molar-refractivity contribution in [2.24, 2.45) is 11.8 Å². The zero-order valence-electron chi connectivity index (χ0n) is 12.7. The molecule has 3 heterocycles. The van der Waals surface area contributed by atoms with Crippen LogP contribution in [0.1, 0.15) is 51.9 Å². The lowest BCUT2D eigenvalue weighted by Gasteiger charge is -2.62. The molecule has 3 aliphatic heterocycles. The number of ether oxygens (including phenoxy) is 3. The van der Waals surface area contributed by atoms with Crippen LogP contribution in [0.2, 0.25) is 0 Å². The van der Waals surface area contributed by atoms with Gasteiger partial charge in [-0.25, -0.2) is 0 Å². The van der Waals surface area contributed by atoms with Gasteiger partial charge >= 0.3 is 0 Å². The summed E-state index contributed by atoms with van der Waals surface area (Å²) in [6, 6.07) is 0. The topological polar surface area (TPSA) is 44.8 Å². The Morgan fingerprint density at radius 3 is 2.67 bits per heavy atom. The molecule has 2 saturated carbocycles. The van der Waals surface area contributed by atoms with Gasteiger partial charge in [-0.05, 0) is 25.2 Å². The molecule has 2 unspecified atom stereocenters. The molecule has 5 rings (SSSR count). The van der Waals surface area contributed by atoms with Gasteiger partial charge in [0.15, 0.2) is 0 Å². The van der Waals surface area contributed by atoms with Crippen molar-refractivity contribution in [2.45, 2.75) is 75.7 Å². The Bertz CT molecular complexity index is 457. The quantitative estimate of drug-likeness (QED) is 0.750. The zero-order valence-corrected chi connectivity index (χ0v) is 12.7. The summed E-state index contributed by atoms with van der Waals surface area (Å²) in [5.41, 5.74) is -0.234. The van der Waals surface area contributed by atoms with Gasteiger partial charge in [0.25, 0.3) is 5.97 Å². The molecule has 0 spiro atoms. The number of hydrogen-bond acceptors (Lipinski definition) is 4. The second kappa shape index (κ2) is 4.64. The van der Waals surface area contributed by atoms with Gasteiger partial charge in [-0.2, -0.15) is 0 Å². The fourth-order valence-electron chi connectivity index (χ4n) is 5.22. The lowest BCUT2D eigenvalue weighted by Crippen LogP contribution is -2.69. The summed E-state index contributed by atoms with van der Waals surface area (Å²) in [5, 5.41) is 0. The van der Waals surface area contributed by atoms with Crippen LogP contribution in [0, 0.1) is 11.8 Å². The number of carbonyl (C=O) groups is 1. The highest BCUT2D eigenvalue weighted by Crippen LogP contribution is 2.56. The van der Waals surface area contributed by atoms with Crippen LogP contribution < -0.4 is 0 Å². The van der Waals surface area contributed by atoms with E-state index in [0.29, 0.717) is 12.2 Å². The van der Waals surface area contributed by atoms with Crippen LogP contribution in [0.15, 0.2) is 12.7 Å². The monoisotopic (exact) mass is 292 g/mol. The van der Waals surface area contributed by atoms with Gasteiger partial charge < -0.3 is 14.2 Å². The van der Waals surface area contributed by atoms with E-state index < -0.39 is 5.97 Å². The van der Waals surface area contributed by atoms with Gasteiger partial charge in [-0.3, -0.25) is 4.79 Å². The molecule has 4 heteroatoms. The van der Waals surface area contributed by atoms with E-state index in [-0.39, 0.29) is 29.6 Å². The first-order valence-electron chi connectivity index (χ1n) is 8.23. The molecule has 4 bridgehead atoms. The first-order chi connectivity index (χ1) is 10.0. The van der Waals surface area contributed by atoms with Crippen LogP contribution >= 0.6 is 0 Å². The van der Waals surface area contributed by atoms with Crippen molar-refractivity contribution in [1.29, 1.82) is 0 Å². The Kier molecular flexibility index (Phi) is 3.08. The summed E-state index contributed by atoms with van der Waals surface area (Å²) in [5.74, 6) is -0.161. The Balaban J connectivity index is 1.67. The summed E-state index contributed by atoms with van der Waals surface area (Å²) in [6.07, 6.45) is 8.64. The highest BCUT2D eigenvalue weighted by molar-refractivity contribution is 5.82. The van der Waals surface area contributed by atoms with Crippen LogP contribution in [0.4, 0.5) is 0 Å². The van der Waals surface area contributed by atoms with Gasteiger partial charge in [0.2, 0.25) is 0 Å². The molecular formula is C17H24O4. The number of carbonyl (C=O) groups excluding carboxylic acids is 1. The summed E-state index contributed by atoms with van der Waals surface area (Å²) < 4.78 is 18.1. The van der Waals surface area contributed by atoms with Crippen molar-refractivity contribution in [3.8, 4) is 0 Å². The Morgan fingerprint density at radius 2 is 2.05 bits per heavy atom. The first-order valence-corrected chi connectivity index (χ1v) is 8.23. The van der Waals surface area contributed by atoms with E-state index in [1.165, 1.54) is 0 Å². The van der Waals surface area contributed by atoms with E-state index in [0.717, 1.165) is 38.5 Å². The third-order valence-corrected chi connectivity index (χ3v) is 5.76. The minimum absolute atomic E-state index is 0.0658. The maximum atomic E-state index is 12.4. The second-order valence-electron chi connectivity index (χ2n) is 7.25. The van der Waals surface area contributed by atoms with Crippen LogP contribution in [0.3, 0.4) is 0 Å². The minimum Gasteiger partial charge on any atom is -0.324 e. The average Bonchev–Trinajstić information content (AvgIpc) is 2.38. The molecule has 0 aromatic carbocycles. The molecule has 6 atom stereocenters. The normalized spacial score (nSPS) is 52.1. The SMILES string of the molecule is C=CC[C@@H]1C(=O)CCC[C@H]1C12C[C@H]3C[C@@H](C1)OC(C)(O3)O2. The maximum Gasteiger partial charge on any atom is 0.280 e. The fourth-order valence-corrected chi connectivity index (χ4v) is 5.22. The Morgan fingerprint density at radius 1 is 1.33 bits per heavy atom. The van der Waals surface area contributed by atoms with Gasteiger partial charge in [0.1, 0.15) is 5.78 Å². The summed E-state index contributed by atoms with van der Waals surface area (Å²) in [6.45, 7) is 5.72. The number of ketones is 1. The largest absolute Gasteiger partial charge is 0.324 e. The summed E-state index contributed by atoms with van der Waals surface area (Å²) in [7, 11) is 0. The molecular weight excluding hydrogens is 268 g/mol. The van der Waals surface area contributed by atoms with E-state index in [1.54, 1.807) is 0 Å². The molecule has 5 aliphatic rings. The number of allylic oxidation sites excluding steroid dienone is 1. The standard InChI is InChI=1S/C17H24O4/c1-3-5-13-14(6-4-7-15(13)18)17-9-11-8-12(10-17)20-16(2,19-11)21-17/h3,11-14H,1,4-10H2,2H3/t11-,12+,13-,14+,16?,17?/m0/s1. The molecule has 0 aromatic rings. The van der Waals surface area contributed by atoms with Gasteiger partial charge in [0, 0.05) is 38.5 Å². The molecule has 0 amide bonds. The molecule has 0 aromatic heterocycles. The number of rotatable bonds is 3. The predicted octanol–water partition coefficient (Wildman–Crippen LogP) is 2.96. The van der Waals surface area contributed by atoms with Crippen LogP contribution in [0.5, 0.6) is 0 Å². The van der Waals surface area contributed by atoms with Crippen molar-refractivity contribution >= 4 is 5.78 Å². The van der Waals surface area contributed by atoms with E-state index >= 15 is 0 Å². The third-order valence-electron chi connectivity index (χ3n) is 5.76. The summed E-state index contributed by atoms with van der Waals surface area (Å²) >= 11 is 0. The van der Waals surface area contributed by atoms with E-state index in [1.807, 2.05) is 13.0 Å². The van der Waals surface area contributed by atoms with Gasteiger partial charge in [0.05, 0.1) is 17.8 Å². The second-order valence-corrected chi connectivity index (χ2v) is 7.25. The molecule has 3 saturated heterocycles. The molecule has 2 aliphatic carbocycles. The van der Waals surface area contributed by atoms with Crippen LogP contribution in [-0.2, 0) is 19.0 Å². The summed E-state index contributed by atoms with van der Waals surface area (Å²) in [4.78, 5) is 12.4. The van der Waals surface area contributed by atoms with E-state index in [2.05, 4.69) is 6.58 Å². The number of Topliss-reactive ketones (excluding diaryl/α,β-unsaturated/α-hetero) is 1. The van der Waals surface area contributed by atoms with Gasteiger partial charge in [-0.15, -0.1) is 6.58 Å². The predicted molar refractivity (Wildman–Crippen MR) is 76.5 cm³/mol. The lowest BCUT2D eigenvalue weighted by atomic mass is 9.62. The van der Waals surface area contributed by atoms with Crippen molar-refractivity contribution in [3.05, 3.63) is 12.7 Å². The Labute approximate surface area is 125 Å². The maximum absolute atomic E-state index is 12.4. The molecule has 21 heavy (non-hydrogen) atoms. The Hall–Kier alpha value is -0.710. The zero-order chi connectivity index (χ0) is 14.7. The van der Waals surface area contributed by atoms with Crippen LogP contribution in [-0.4, -0.2) is 29.6 Å². The highest BCUT2D eigenvalue weighted by Gasteiger charge is 2.63. The lowest BCUT2D eigenvalue weighted by molar-refractivity contribution is -0.515. The van der Waals surface area contributed by atoms with E-state index in [9.17, 15) is 4.79 Å². The van der Waals surface area contributed by atoms with Crippen molar-refractivity contribution in [1.82, 2.24) is 0 Å². The molecule has 116 valence electrons. The molecule has 0 radical (unpaired) electrons. The molecule has 5 fully saturated rings. The minimum atomic E-state index is -0.899. The van der Waals surface area contributed by atoms with Crippen molar-refractivity contribution in [2.75, 3.05) is 0 Å².